The number of nitrogens with zero attached hydrogens (tertiary/aromatic N) is 4. The van der Waals surface area contributed by atoms with Crippen molar-refractivity contribution in [1.82, 2.24) is 19.7 Å². The van der Waals surface area contributed by atoms with E-state index in [1.54, 1.807) is 6.20 Å². The highest BCUT2D eigenvalue weighted by molar-refractivity contribution is 6.32. The van der Waals surface area contributed by atoms with E-state index in [0.717, 1.165) is 49.3 Å². The molecule has 4 rings (SSSR count). The van der Waals surface area contributed by atoms with E-state index >= 15 is 0 Å². The Balaban J connectivity index is 1.61. The summed E-state index contributed by atoms with van der Waals surface area (Å²) in [5.74, 6) is 1.41. The van der Waals surface area contributed by atoms with Gasteiger partial charge in [0.2, 0.25) is 5.95 Å². The monoisotopic (exact) mass is 388 g/mol. The number of nitrogens with one attached hydrogen (secondary N) is 1. The van der Waals surface area contributed by atoms with Crippen molar-refractivity contribution in [2.24, 2.45) is 11.7 Å². The summed E-state index contributed by atoms with van der Waals surface area (Å²) in [5, 5.41) is 8.68. The maximum Gasteiger partial charge on any atom is 0.223 e. The molecule has 0 aromatic carbocycles. The predicted octanol–water partition coefficient (Wildman–Crippen LogP) is 4.21. The average molecular weight is 389 g/mol. The largest absolute Gasteiger partial charge is 0.351 e. The smallest absolute Gasteiger partial charge is 0.223 e. The number of halogens is 1. The summed E-state index contributed by atoms with van der Waals surface area (Å²) in [6.45, 7) is 4.32. The molecule has 0 bridgehead atoms. The standard InChI is InChI=1S/C20H29ClN6/c1-12(2)27-18(9-13-3-4-13)16(10-24-27)19-17(21)11-23-20(26-19)25-15-7-5-14(22)6-8-15/h10-15H,3-9,22H2,1-2H3,(H,23,25,26)/t14-,15-. The van der Waals surface area contributed by atoms with Crippen LogP contribution >= 0.6 is 11.6 Å². The lowest BCUT2D eigenvalue weighted by atomic mass is 9.92. The Morgan fingerprint density at radius 2 is 1.93 bits per heavy atom. The third kappa shape index (κ3) is 4.27. The molecule has 6 nitrogen and oxygen atoms in total. The second kappa shape index (κ2) is 7.76. The van der Waals surface area contributed by atoms with Crippen LogP contribution in [0.15, 0.2) is 12.4 Å². The van der Waals surface area contributed by atoms with Crippen LogP contribution in [0.5, 0.6) is 0 Å². The van der Waals surface area contributed by atoms with Gasteiger partial charge in [-0.05, 0) is 64.7 Å². The highest BCUT2D eigenvalue weighted by atomic mass is 35.5. The zero-order valence-electron chi connectivity index (χ0n) is 16.2. The van der Waals surface area contributed by atoms with Gasteiger partial charge in [-0.2, -0.15) is 5.10 Å². The molecule has 0 radical (unpaired) electrons. The first-order valence-electron chi connectivity index (χ1n) is 10.1. The predicted molar refractivity (Wildman–Crippen MR) is 109 cm³/mol. The Kier molecular flexibility index (Phi) is 5.37. The molecule has 0 amide bonds. The molecule has 2 aliphatic carbocycles. The van der Waals surface area contributed by atoms with E-state index in [4.69, 9.17) is 22.3 Å². The first-order valence-corrected chi connectivity index (χ1v) is 10.5. The molecule has 0 atom stereocenters. The Bertz CT molecular complexity index is 790. The summed E-state index contributed by atoms with van der Waals surface area (Å²) >= 11 is 6.50. The molecule has 2 aliphatic rings. The molecular weight excluding hydrogens is 360 g/mol. The number of rotatable bonds is 6. The first kappa shape index (κ1) is 18.7. The van der Waals surface area contributed by atoms with E-state index < -0.39 is 0 Å². The van der Waals surface area contributed by atoms with Gasteiger partial charge in [-0.15, -0.1) is 0 Å². The van der Waals surface area contributed by atoms with Gasteiger partial charge in [-0.3, -0.25) is 4.68 Å². The van der Waals surface area contributed by atoms with E-state index in [-0.39, 0.29) is 0 Å². The quantitative estimate of drug-likeness (QED) is 0.774. The molecule has 2 fully saturated rings. The molecule has 2 aromatic rings. The van der Waals surface area contributed by atoms with Crippen LogP contribution in [0.25, 0.3) is 11.3 Å². The van der Waals surface area contributed by atoms with Crippen LogP contribution in [0, 0.1) is 5.92 Å². The van der Waals surface area contributed by atoms with Crippen LogP contribution in [0.4, 0.5) is 5.95 Å². The summed E-state index contributed by atoms with van der Waals surface area (Å²) in [5.41, 5.74) is 9.07. The molecule has 0 spiro atoms. The summed E-state index contributed by atoms with van der Waals surface area (Å²) in [6.07, 6.45) is 11.5. The number of aromatic nitrogens is 4. The molecule has 27 heavy (non-hydrogen) atoms. The lowest BCUT2D eigenvalue weighted by Gasteiger charge is -2.26. The Hall–Kier alpha value is -1.66. The summed E-state index contributed by atoms with van der Waals surface area (Å²) in [4.78, 5) is 9.19. The average Bonchev–Trinajstić information content (AvgIpc) is 3.36. The fourth-order valence-electron chi connectivity index (χ4n) is 3.90. The van der Waals surface area contributed by atoms with Crippen molar-refractivity contribution in [3.05, 3.63) is 23.1 Å². The van der Waals surface area contributed by atoms with Gasteiger partial charge in [0.15, 0.2) is 0 Å². The van der Waals surface area contributed by atoms with Gasteiger partial charge >= 0.3 is 0 Å². The van der Waals surface area contributed by atoms with Crippen LogP contribution in [-0.2, 0) is 6.42 Å². The minimum atomic E-state index is 0.317. The van der Waals surface area contributed by atoms with Crippen molar-refractivity contribution in [2.75, 3.05) is 5.32 Å². The molecule has 2 saturated carbocycles. The first-order chi connectivity index (χ1) is 13.0. The van der Waals surface area contributed by atoms with Crippen molar-refractivity contribution in [1.29, 1.82) is 0 Å². The Morgan fingerprint density at radius 1 is 1.19 bits per heavy atom. The van der Waals surface area contributed by atoms with E-state index in [1.807, 2.05) is 6.20 Å². The van der Waals surface area contributed by atoms with Crippen molar-refractivity contribution >= 4 is 17.5 Å². The number of anilines is 1. The Labute approximate surface area is 165 Å². The van der Waals surface area contributed by atoms with Crippen molar-refractivity contribution < 1.29 is 0 Å². The second-order valence-electron chi connectivity index (χ2n) is 8.34. The van der Waals surface area contributed by atoms with Crippen molar-refractivity contribution in [3.63, 3.8) is 0 Å². The molecular formula is C20H29ClN6. The molecule has 2 heterocycles. The van der Waals surface area contributed by atoms with Gasteiger partial charge in [0.25, 0.3) is 0 Å². The second-order valence-corrected chi connectivity index (χ2v) is 8.74. The number of hydrogen-bond acceptors (Lipinski definition) is 5. The zero-order valence-corrected chi connectivity index (χ0v) is 16.9. The molecule has 0 aliphatic heterocycles. The third-order valence-corrected chi connectivity index (χ3v) is 5.95. The maximum absolute atomic E-state index is 6.50. The highest BCUT2D eigenvalue weighted by Gasteiger charge is 2.27. The molecule has 0 unspecified atom stereocenters. The van der Waals surface area contributed by atoms with Crippen LogP contribution < -0.4 is 11.1 Å². The van der Waals surface area contributed by atoms with Crippen molar-refractivity contribution in [2.45, 2.75) is 76.9 Å². The molecule has 0 saturated heterocycles. The number of nitrogens with two attached hydrogens (primary N) is 1. The Morgan fingerprint density at radius 3 is 2.59 bits per heavy atom. The van der Waals surface area contributed by atoms with Crippen LogP contribution in [0.3, 0.4) is 0 Å². The lowest BCUT2D eigenvalue weighted by Crippen LogP contribution is -2.33. The fraction of sp³-hybridized carbons (Fsp3) is 0.650. The summed E-state index contributed by atoms with van der Waals surface area (Å²) in [7, 11) is 0. The minimum Gasteiger partial charge on any atom is -0.351 e. The van der Waals surface area contributed by atoms with Gasteiger partial charge in [-0.1, -0.05) is 11.6 Å². The van der Waals surface area contributed by atoms with Gasteiger partial charge in [-0.25, -0.2) is 9.97 Å². The van der Waals surface area contributed by atoms with E-state index in [1.165, 1.54) is 18.5 Å². The fourth-order valence-corrected chi connectivity index (χ4v) is 4.09. The lowest BCUT2D eigenvalue weighted by molar-refractivity contribution is 0.410. The van der Waals surface area contributed by atoms with Gasteiger partial charge in [0.1, 0.15) is 0 Å². The summed E-state index contributed by atoms with van der Waals surface area (Å²) in [6, 6.07) is 1.02. The van der Waals surface area contributed by atoms with Crippen LogP contribution in [0.1, 0.15) is 64.1 Å². The molecule has 3 N–H and O–H groups in total. The van der Waals surface area contributed by atoms with Gasteiger partial charge in [0, 0.05) is 29.4 Å². The molecule has 7 heteroatoms. The van der Waals surface area contributed by atoms with E-state index in [0.29, 0.717) is 29.1 Å². The highest BCUT2D eigenvalue weighted by Crippen LogP contribution is 2.38. The zero-order chi connectivity index (χ0) is 19.0. The number of hydrogen-bond donors (Lipinski definition) is 2. The van der Waals surface area contributed by atoms with Crippen molar-refractivity contribution in [3.8, 4) is 11.3 Å². The van der Waals surface area contributed by atoms with E-state index in [2.05, 4.69) is 33.9 Å². The third-order valence-electron chi connectivity index (χ3n) is 5.67. The molecule has 146 valence electrons. The summed E-state index contributed by atoms with van der Waals surface area (Å²) < 4.78 is 2.11. The maximum atomic E-state index is 6.50. The van der Waals surface area contributed by atoms with Gasteiger partial charge in [0.05, 0.1) is 23.1 Å². The van der Waals surface area contributed by atoms with Gasteiger partial charge < -0.3 is 11.1 Å². The van der Waals surface area contributed by atoms with Crippen LogP contribution in [0.2, 0.25) is 5.02 Å². The van der Waals surface area contributed by atoms with E-state index in [9.17, 15) is 0 Å². The SMILES string of the molecule is CC(C)n1ncc(-c2nc(N[C@H]3CC[C@H](N)CC3)ncc2Cl)c1CC1CC1. The van der Waals surface area contributed by atoms with Crippen LogP contribution in [-0.4, -0.2) is 31.8 Å². The molecule has 2 aromatic heterocycles. The minimum absolute atomic E-state index is 0.317. The topological polar surface area (TPSA) is 81.7 Å². The normalized spacial score (nSPS) is 23.0.